The predicted octanol–water partition coefficient (Wildman–Crippen LogP) is 1.75. The first-order valence-corrected chi connectivity index (χ1v) is 7.38. The second-order valence-electron chi connectivity index (χ2n) is 3.25. The molecule has 1 aromatic carbocycles. The number of aromatic nitrogens is 2. The highest BCUT2D eigenvalue weighted by Gasteiger charge is 2.17. The van der Waals surface area contributed by atoms with Crippen LogP contribution >= 0.6 is 22.9 Å². The van der Waals surface area contributed by atoms with Crippen LogP contribution in [0.1, 0.15) is 5.01 Å². The van der Waals surface area contributed by atoms with Crippen LogP contribution in [0.25, 0.3) is 0 Å². The van der Waals surface area contributed by atoms with E-state index in [2.05, 4.69) is 10.2 Å². The predicted molar refractivity (Wildman–Crippen MR) is 66.7 cm³/mol. The highest BCUT2D eigenvalue weighted by molar-refractivity contribution is 7.90. The van der Waals surface area contributed by atoms with Crippen LogP contribution in [0.5, 0.6) is 0 Å². The van der Waals surface area contributed by atoms with Gasteiger partial charge in [-0.25, -0.2) is 8.42 Å². The summed E-state index contributed by atoms with van der Waals surface area (Å²) in [5.41, 5.74) is 5.39. The molecular weight excluding hydrogens is 282 g/mol. The summed E-state index contributed by atoms with van der Waals surface area (Å²) in [5, 5.41) is 8.37. The Morgan fingerprint density at radius 3 is 2.41 bits per heavy atom. The van der Waals surface area contributed by atoms with E-state index in [1.165, 1.54) is 24.3 Å². The van der Waals surface area contributed by atoms with E-state index in [0.29, 0.717) is 10.0 Å². The Bertz CT molecular complexity index is 622. The number of nitrogen functional groups attached to an aromatic ring is 1. The summed E-state index contributed by atoms with van der Waals surface area (Å²) in [6.07, 6.45) is 0. The van der Waals surface area contributed by atoms with Crippen molar-refractivity contribution in [2.24, 2.45) is 0 Å². The van der Waals surface area contributed by atoms with Gasteiger partial charge in [-0.2, -0.15) is 0 Å². The standard InChI is InChI=1S/C9H8ClN3O2S2/c10-6-1-3-7(4-2-6)17(14,15)5-8-12-13-9(11)16-8/h1-4H,5H2,(H2,11,13). The van der Waals surface area contributed by atoms with Crippen molar-refractivity contribution in [3.63, 3.8) is 0 Å². The van der Waals surface area contributed by atoms with Crippen LogP contribution in [0, 0.1) is 0 Å². The first kappa shape index (κ1) is 12.3. The van der Waals surface area contributed by atoms with E-state index in [1.54, 1.807) is 0 Å². The fourth-order valence-electron chi connectivity index (χ4n) is 1.21. The third-order valence-corrected chi connectivity index (χ3v) is 4.80. The number of nitrogens with two attached hydrogens (primary N) is 1. The van der Waals surface area contributed by atoms with Gasteiger partial charge in [-0.3, -0.25) is 0 Å². The lowest BCUT2D eigenvalue weighted by Crippen LogP contribution is -2.04. The maximum absolute atomic E-state index is 12.0. The normalized spacial score (nSPS) is 11.6. The quantitative estimate of drug-likeness (QED) is 0.930. The van der Waals surface area contributed by atoms with Gasteiger partial charge in [0.15, 0.2) is 9.84 Å². The van der Waals surface area contributed by atoms with Gasteiger partial charge in [0, 0.05) is 5.02 Å². The molecule has 1 heterocycles. The Morgan fingerprint density at radius 2 is 1.88 bits per heavy atom. The van der Waals surface area contributed by atoms with Gasteiger partial charge in [-0.05, 0) is 24.3 Å². The SMILES string of the molecule is Nc1nnc(CS(=O)(=O)c2ccc(Cl)cc2)s1. The van der Waals surface area contributed by atoms with E-state index in [9.17, 15) is 8.42 Å². The highest BCUT2D eigenvalue weighted by atomic mass is 35.5. The number of benzene rings is 1. The molecule has 0 saturated heterocycles. The van der Waals surface area contributed by atoms with E-state index in [0.717, 1.165) is 11.3 Å². The number of hydrogen-bond donors (Lipinski definition) is 1. The molecule has 0 saturated carbocycles. The molecule has 0 fully saturated rings. The summed E-state index contributed by atoms with van der Waals surface area (Å²) in [7, 11) is -3.42. The van der Waals surface area contributed by atoms with Crippen LogP contribution in [0.2, 0.25) is 5.02 Å². The van der Waals surface area contributed by atoms with Crippen LogP contribution in [-0.2, 0) is 15.6 Å². The summed E-state index contributed by atoms with van der Waals surface area (Å²) >= 11 is 6.76. The second-order valence-corrected chi connectivity index (χ2v) is 6.77. The monoisotopic (exact) mass is 289 g/mol. The zero-order valence-electron chi connectivity index (χ0n) is 8.50. The highest BCUT2D eigenvalue weighted by Crippen LogP contribution is 2.21. The van der Waals surface area contributed by atoms with Crippen LogP contribution in [0.4, 0.5) is 5.13 Å². The lowest BCUT2D eigenvalue weighted by Gasteiger charge is -2.01. The largest absolute Gasteiger partial charge is 0.374 e. The van der Waals surface area contributed by atoms with Gasteiger partial charge >= 0.3 is 0 Å². The van der Waals surface area contributed by atoms with Crippen molar-refractivity contribution in [3.8, 4) is 0 Å². The first-order valence-electron chi connectivity index (χ1n) is 4.53. The maximum atomic E-state index is 12.0. The van der Waals surface area contributed by atoms with Crippen LogP contribution in [0.3, 0.4) is 0 Å². The Morgan fingerprint density at radius 1 is 1.24 bits per heavy atom. The van der Waals surface area contributed by atoms with Crippen LogP contribution < -0.4 is 5.73 Å². The average molecular weight is 290 g/mol. The van der Waals surface area contributed by atoms with Gasteiger partial charge < -0.3 is 5.73 Å². The molecule has 2 rings (SSSR count). The maximum Gasteiger partial charge on any atom is 0.203 e. The van der Waals surface area contributed by atoms with Crippen molar-refractivity contribution in [3.05, 3.63) is 34.3 Å². The van der Waals surface area contributed by atoms with Crippen molar-refractivity contribution in [2.45, 2.75) is 10.6 Å². The molecule has 8 heteroatoms. The third kappa shape index (κ3) is 2.93. The van der Waals surface area contributed by atoms with Gasteiger partial charge in [-0.1, -0.05) is 22.9 Å². The van der Waals surface area contributed by atoms with Crippen molar-refractivity contribution in [2.75, 3.05) is 5.73 Å². The van der Waals surface area contributed by atoms with Crippen LogP contribution in [0.15, 0.2) is 29.2 Å². The molecule has 2 aromatic rings. The number of hydrogen-bond acceptors (Lipinski definition) is 6. The van der Waals surface area contributed by atoms with Gasteiger partial charge in [0.2, 0.25) is 5.13 Å². The van der Waals surface area contributed by atoms with Gasteiger partial charge in [-0.15, -0.1) is 10.2 Å². The van der Waals surface area contributed by atoms with Gasteiger partial charge in [0.25, 0.3) is 0 Å². The first-order chi connectivity index (χ1) is 7.97. The molecule has 0 amide bonds. The van der Waals surface area contributed by atoms with E-state index in [-0.39, 0.29) is 15.8 Å². The molecule has 0 aliphatic carbocycles. The zero-order chi connectivity index (χ0) is 12.5. The molecule has 0 aliphatic rings. The lowest BCUT2D eigenvalue weighted by molar-refractivity contribution is 0.595. The molecule has 0 unspecified atom stereocenters. The Balaban J connectivity index is 2.28. The fraction of sp³-hybridized carbons (Fsp3) is 0.111. The fourth-order valence-corrected chi connectivity index (χ4v) is 3.54. The number of sulfone groups is 1. The lowest BCUT2D eigenvalue weighted by atomic mass is 10.4. The summed E-state index contributed by atoms with van der Waals surface area (Å²) in [6.45, 7) is 0. The molecular formula is C9H8ClN3O2S2. The Hall–Kier alpha value is -1.18. The van der Waals surface area contributed by atoms with E-state index < -0.39 is 9.84 Å². The number of nitrogens with zero attached hydrogens (tertiary/aromatic N) is 2. The number of rotatable bonds is 3. The van der Waals surface area contributed by atoms with E-state index >= 15 is 0 Å². The smallest absolute Gasteiger partial charge is 0.203 e. The minimum atomic E-state index is -3.42. The summed E-state index contributed by atoms with van der Waals surface area (Å²) in [4.78, 5) is 0.204. The second kappa shape index (κ2) is 4.59. The Labute approximate surface area is 107 Å². The molecule has 0 radical (unpaired) electrons. The number of anilines is 1. The summed E-state index contributed by atoms with van der Waals surface area (Å²) in [5.74, 6) is -0.205. The minimum Gasteiger partial charge on any atom is -0.374 e. The average Bonchev–Trinajstić information content (AvgIpc) is 2.63. The molecule has 0 bridgehead atoms. The zero-order valence-corrected chi connectivity index (χ0v) is 10.9. The summed E-state index contributed by atoms with van der Waals surface area (Å²) in [6, 6.07) is 5.98. The molecule has 0 aliphatic heterocycles. The Kier molecular flexibility index (Phi) is 3.32. The van der Waals surface area contributed by atoms with Crippen molar-refractivity contribution in [1.29, 1.82) is 0 Å². The van der Waals surface area contributed by atoms with E-state index in [4.69, 9.17) is 17.3 Å². The third-order valence-electron chi connectivity index (χ3n) is 1.97. The summed E-state index contributed by atoms with van der Waals surface area (Å²) < 4.78 is 24.0. The van der Waals surface area contributed by atoms with Gasteiger partial charge in [0.05, 0.1) is 4.90 Å². The van der Waals surface area contributed by atoms with Gasteiger partial charge in [0.1, 0.15) is 10.8 Å². The van der Waals surface area contributed by atoms with E-state index in [1.807, 2.05) is 0 Å². The van der Waals surface area contributed by atoms with Crippen molar-refractivity contribution < 1.29 is 8.42 Å². The molecule has 0 atom stereocenters. The molecule has 1 aromatic heterocycles. The topological polar surface area (TPSA) is 85.9 Å². The number of halogens is 1. The minimum absolute atomic E-state index is 0.204. The molecule has 90 valence electrons. The van der Waals surface area contributed by atoms with Crippen molar-refractivity contribution >= 4 is 37.9 Å². The van der Waals surface area contributed by atoms with Crippen LogP contribution in [-0.4, -0.2) is 18.6 Å². The molecule has 0 spiro atoms. The van der Waals surface area contributed by atoms with Crippen molar-refractivity contribution in [1.82, 2.24) is 10.2 Å². The molecule has 5 nitrogen and oxygen atoms in total. The molecule has 17 heavy (non-hydrogen) atoms. The molecule has 2 N–H and O–H groups in total.